The molecule has 4 N–H and O–H groups in total. The summed E-state index contributed by atoms with van der Waals surface area (Å²) >= 11 is 2.70. The van der Waals surface area contributed by atoms with Crippen molar-refractivity contribution in [1.29, 1.82) is 0 Å². The molecule has 0 unspecified atom stereocenters. The normalized spacial score (nSPS) is 11.2. The molecule has 4 aromatic carbocycles. The molecule has 0 aliphatic carbocycles. The molecule has 0 saturated carbocycles. The molecular weight excluding hydrogens is 645 g/mol. The Morgan fingerprint density at radius 2 is 1.08 bits per heavy atom. The van der Waals surface area contributed by atoms with Crippen molar-refractivity contribution in [2.24, 2.45) is 0 Å². The molecule has 6 aromatic rings. The molecule has 2 aromatic heterocycles. The number of anilines is 2. The quantitative estimate of drug-likeness (QED) is 0.0903. The zero-order chi connectivity index (χ0) is 33.6. The van der Waals surface area contributed by atoms with Crippen molar-refractivity contribution < 1.29 is 19.1 Å². The van der Waals surface area contributed by atoms with Gasteiger partial charge in [0.05, 0.1) is 46.8 Å². The molecule has 0 spiro atoms. The van der Waals surface area contributed by atoms with Crippen molar-refractivity contribution in [3.05, 3.63) is 83.9 Å². The number of nitrogens with zero attached hydrogens (tertiary/aromatic N) is 2. The standard InChI is InChI=1S/C36H36N6O4S2/c1-5-45-25-9-13-29-31(17-25)41-35(39-29)47-19-33(43)37-27-11-7-23(15-21(27)3)24-8-12-28(22(4)16-24)38-34(44)20-48-36-40-30-14-10-26(46-6-2)18-32(30)42-36/h7-18H,5-6,19-20H2,1-4H3,(H,37,43)(H,38,44)(H,39,41)(H,40,42). The minimum atomic E-state index is -0.114. The van der Waals surface area contributed by atoms with Gasteiger partial charge in [-0.2, -0.15) is 0 Å². The fourth-order valence-corrected chi connectivity index (χ4v) is 6.56. The third kappa shape index (κ3) is 7.95. The van der Waals surface area contributed by atoms with Gasteiger partial charge in [0.1, 0.15) is 11.5 Å². The number of H-pyrrole nitrogens is 2. The van der Waals surface area contributed by atoms with Crippen LogP contribution >= 0.6 is 23.5 Å². The van der Waals surface area contributed by atoms with Crippen LogP contribution in [0.4, 0.5) is 11.4 Å². The number of imidazole rings is 2. The van der Waals surface area contributed by atoms with Gasteiger partial charge in [0.25, 0.3) is 0 Å². The second-order valence-corrected chi connectivity index (χ2v) is 13.0. The second-order valence-electron chi connectivity index (χ2n) is 11.0. The molecule has 48 heavy (non-hydrogen) atoms. The van der Waals surface area contributed by atoms with E-state index in [-0.39, 0.29) is 23.3 Å². The first-order chi connectivity index (χ1) is 23.3. The van der Waals surface area contributed by atoms with Gasteiger partial charge in [-0.3, -0.25) is 9.59 Å². The first-order valence-corrected chi connectivity index (χ1v) is 17.6. The maximum absolute atomic E-state index is 12.8. The zero-order valence-electron chi connectivity index (χ0n) is 27.1. The van der Waals surface area contributed by atoms with Crippen LogP contribution in [0.2, 0.25) is 0 Å². The summed E-state index contributed by atoms with van der Waals surface area (Å²) < 4.78 is 11.1. The summed E-state index contributed by atoms with van der Waals surface area (Å²) in [4.78, 5) is 41.2. The summed E-state index contributed by atoms with van der Waals surface area (Å²) in [6.45, 7) is 9.02. The number of hydrogen-bond donors (Lipinski definition) is 4. The molecule has 10 nitrogen and oxygen atoms in total. The van der Waals surface area contributed by atoms with Gasteiger partial charge in [0, 0.05) is 23.5 Å². The summed E-state index contributed by atoms with van der Waals surface area (Å²) in [5, 5.41) is 7.39. The van der Waals surface area contributed by atoms with Crippen molar-refractivity contribution in [2.45, 2.75) is 38.0 Å². The fraction of sp³-hybridized carbons (Fsp3) is 0.222. The lowest BCUT2D eigenvalue weighted by molar-refractivity contribution is -0.114. The molecule has 12 heteroatoms. The molecule has 246 valence electrons. The van der Waals surface area contributed by atoms with E-state index < -0.39 is 0 Å². The van der Waals surface area contributed by atoms with Crippen molar-refractivity contribution in [3.63, 3.8) is 0 Å². The Balaban J connectivity index is 1.02. The molecule has 2 heterocycles. The number of hydrogen-bond acceptors (Lipinski definition) is 8. The highest BCUT2D eigenvalue weighted by Gasteiger charge is 2.13. The van der Waals surface area contributed by atoms with Crippen LogP contribution in [0.15, 0.2) is 83.1 Å². The average molecular weight is 681 g/mol. The molecule has 0 aliphatic heterocycles. The van der Waals surface area contributed by atoms with E-state index in [1.165, 1.54) is 23.5 Å². The monoisotopic (exact) mass is 680 g/mol. The third-order valence-electron chi connectivity index (χ3n) is 7.50. The molecular formula is C36H36N6O4S2. The van der Waals surface area contributed by atoms with Crippen molar-refractivity contribution in [3.8, 4) is 22.6 Å². The summed E-state index contributed by atoms with van der Waals surface area (Å²) in [6.07, 6.45) is 0. The van der Waals surface area contributed by atoms with Crippen LogP contribution in [0.3, 0.4) is 0 Å². The lowest BCUT2D eigenvalue weighted by Crippen LogP contribution is -2.15. The van der Waals surface area contributed by atoms with Crippen LogP contribution in [-0.4, -0.2) is 56.5 Å². The van der Waals surface area contributed by atoms with Gasteiger partial charge in [-0.15, -0.1) is 0 Å². The molecule has 2 amide bonds. The Kier molecular flexibility index (Phi) is 10.2. The van der Waals surface area contributed by atoms with Crippen LogP contribution < -0.4 is 20.1 Å². The Labute approximate surface area is 286 Å². The van der Waals surface area contributed by atoms with Gasteiger partial charge in [-0.05, 0) is 98.5 Å². The van der Waals surface area contributed by atoms with Crippen LogP contribution in [0.5, 0.6) is 11.5 Å². The maximum Gasteiger partial charge on any atom is 0.234 e. The molecule has 0 aliphatic rings. The minimum absolute atomic E-state index is 0.114. The number of carbonyl (C=O) groups excluding carboxylic acids is 2. The molecule has 0 atom stereocenters. The highest BCUT2D eigenvalue weighted by atomic mass is 32.2. The summed E-state index contributed by atoms with van der Waals surface area (Å²) in [5.41, 5.74) is 8.84. The van der Waals surface area contributed by atoms with E-state index in [4.69, 9.17) is 9.47 Å². The maximum atomic E-state index is 12.8. The Morgan fingerprint density at radius 1 is 0.646 bits per heavy atom. The van der Waals surface area contributed by atoms with E-state index in [9.17, 15) is 9.59 Å². The number of benzene rings is 4. The molecule has 6 rings (SSSR count). The number of aryl methyl sites for hydroxylation is 2. The van der Waals surface area contributed by atoms with Crippen LogP contribution in [0.1, 0.15) is 25.0 Å². The predicted molar refractivity (Wildman–Crippen MR) is 195 cm³/mol. The first kappa shape index (κ1) is 33.0. The van der Waals surface area contributed by atoms with Gasteiger partial charge in [-0.25, -0.2) is 9.97 Å². The van der Waals surface area contributed by atoms with Crippen molar-refractivity contribution in [1.82, 2.24) is 19.9 Å². The Hall–Kier alpha value is -4.94. The van der Waals surface area contributed by atoms with Gasteiger partial charge < -0.3 is 30.1 Å². The number of thioether (sulfide) groups is 2. The summed E-state index contributed by atoms with van der Waals surface area (Å²) in [6, 6.07) is 23.3. The number of fused-ring (bicyclic) bond motifs is 2. The van der Waals surface area contributed by atoms with E-state index in [1.807, 2.05) is 100 Å². The number of nitrogens with one attached hydrogen (secondary N) is 4. The van der Waals surface area contributed by atoms with E-state index in [1.54, 1.807) is 0 Å². The van der Waals surface area contributed by atoms with Gasteiger partial charge in [0.15, 0.2) is 10.3 Å². The molecule has 0 fully saturated rings. The summed E-state index contributed by atoms with van der Waals surface area (Å²) in [5.74, 6) is 1.77. The van der Waals surface area contributed by atoms with Crippen LogP contribution in [0.25, 0.3) is 33.2 Å². The highest BCUT2D eigenvalue weighted by Crippen LogP contribution is 2.30. The molecule has 0 bridgehead atoms. The first-order valence-electron chi connectivity index (χ1n) is 15.6. The van der Waals surface area contributed by atoms with Crippen LogP contribution in [-0.2, 0) is 9.59 Å². The minimum Gasteiger partial charge on any atom is -0.494 e. The molecule has 0 radical (unpaired) electrons. The lowest BCUT2D eigenvalue weighted by atomic mass is 10.00. The topological polar surface area (TPSA) is 134 Å². The Morgan fingerprint density at radius 3 is 1.48 bits per heavy atom. The Bertz CT molecular complexity index is 1960. The largest absolute Gasteiger partial charge is 0.494 e. The average Bonchev–Trinajstić information content (AvgIpc) is 3.68. The number of ether oxygens (including phenoxy) is 2. The van der Waals surface area contributed by atoms with Gasteiger partial charge >= 0.3 is 0 Å². The van der Waals surface area contributed by atoms with Crippen LogP contribution in [0, 0.1) is 13.8 Å². The number of rotatable bonds is 13. The van der Waals surface area contributed by atoms with E-state index in [0.29, 0.717) is 23.5 Å². The summed E-state index contributed by atoms with van der Waals surface area (Å²) in [7, 11) is 0. The second kappa shape index (κ2) is 14.9. The van der Waals surface area contributed by atoms with E-state index in [2.05, 4.69) is 30.6 Å². The third-order valence-corrected chi connectivity index (χ3v) is 9.25. The fourth-order valence-electron chi connectivity index (χ4n) is 5.19. The predicted octanol–water partition coefficient (Wildman–Crippen LogP) is 7.98. The van der Waals surface area contributed by atoms with E-state index >= 15 is 0 Å². The zero-order valence-corrected chi connectivity index (χ0v) is 28.7. The number of carbonyl (C=O) groups is 2. The number of aromatic nitrogens is 4. The highest BCUT2D eigenvalue weighted by molar-refractivity contribution is 8.00. The van der Waals surface area contributed by atoms with Gasteiger partial charge in [-0.1, -0.05) is 35.7 Å². The van der Waals surface area contributed by atoms with E-state index in [0.717, 1.165) is 67.2 Å². The smallest absolute Gasteiger partial charge is 0.234 e. The number of amides is 2. The SMILES string of the molecule is CCOc1ccc2nc(SCC(=O)Nc3ccc(-c4ccc(NC(=O)CSc5nc6ccc(OCC)cc6[nH]5)c(C)c4)cc3C)[nH]c2c1. The molecule has 0 saturated heterocycles. The van der Waals surface area contributed by atoms with Gasteiger partial charge in [0.2, 0.25) is 11.8 Å². The van der Waals surface area contributed by atoms with Crippen molar-refractivity contribution in [2.75, 3.05) is 35.4 Å². The lowest BCUT2D eigenvalue weighted by Gasteiger charge is -2.13. The van der Waals surface area contributed by atoms with Crippen molar-refractivity contribution >= 4 is 68.8 Å². The number of aromatic amines is 2.